The fourth-order valence-corrected chi connectivity index (χ4v) is 7.33. The summed E-state index contributed by atoms with van der Waals surface area (Å²) in [5, 5.41) is 57.1. The van der Waals surface area contributed by atoms with Crippen LogP contribution in [0.3, 0.4) is 0 Å². The van der Waals surface area contributed by atoms with Gasteiger partial charge in [0.15, 0.2) is 17.7 Å². The van der Waals surface area contributed by atoms with E-state index in [-0.39, 0.29) is 42.0 Å². The van der Waals surface area contributed by atoms with Crippen LogP contribution in [0.4, 0.5) is 10.6 Å². The van der Waals surface area contributed by atoms with Crippen LogP contribution in [0.1, 0.15) is 39.8 Å². The number of phosphoric ester groups is 2. The summed E-state index contributed by atoms with van der Waals surface area (Å²) >= 11 is 0. The summed E-state index contributed by atoms with van der Waals surface area (Å²) in [5.74, 6) is -0.136. The summed E-state index contributed by atoms with van der Waals surface area (Å²) in [6.45, 7) is 3.33. The number of imidazole rings is 1. The smallest absolute Gasteiger partial charge is 0.389 e. The molecule has 0 saturated carbocycles. The summed E-state index contributed by atoms with van der Waals surface area (Å²) in [5.41, 5.74) is 11.7. The zero-order chi connectivity index (χ0) is 39.7. The van der Waals surface area contributed by atoms with Crippen LogP contribution in [0, 0.1) is 11.8 Å². The second-order valence-corrected chi connectivity index (χ2v) is 15.7. The Labute approximate surface area is 303 Å². The average Bonchev–Trinajstić information content (AvgIpc) is 3.63. The van der Waals surface area contributed by atoms with E-state index in [2.05, 4.69) is 29.1 Å². The first-order valence-electron chi connectivity index (χ1n) is 16.4. The highest BCUT2D eigenvalue weighted by Crippen LogP contribution is 2.60. The lowest BCUT2D eigenvalue weighted by atomic mass is 9.90. The number of aliphatic hydroxyl groups is 5. The summed E-state index contributed by atoms with van der Waals surface area (Å²) in [4.78, 5) is 56.6. The molecule has 0 radical (unpaired) electrons. The number of hydrogen-bond acceptors (Lipinski definition) is 19. The van der Waals surface area contributed by atoms with Gasteiger partial charge in [-0.3, -0.25) is 28.6 Å². The van der Waals surface area contributed by atoms with Gasteiger partial charge in [0.2, 0.25) is 5.91 Å². The number of rotatable bonds is 21. The van der Waals surface area contributed by atoms with Gasteiger partial charge in [-0.2, -0.15) is 4.31 Å². The number of aromatic nitrogens is 4. The van der Waals surface area contributed by atoms with Crippen molar-refractivity contribution >= 4 is 44.6 Å². The zero-order valence-electron chi connectivity index (χ0n) is 29.2. The van der Waals surface area contributed by atoms with Gasteiger partial charge in [-0.15, -0.1) is 0 Å². The molecule has 0 bridgehead atoms. The number of carbonyl (C=O) groups is 2. The van der Waals surface area contributed by atoms with E-state index in [9.17, 15) is 54.0 Å². The third kappa shape index (κ3) is 13.2. The first-order chi connectivity index (χ1) is 24.7. The largest absolute Gasteiger partial charge is 0.481 e. The van der Waals surface area contributed by atoms with E-state index in [0.717, 1.165) is 19.7 Å². The number of amides is 3. The van der Waals surface area contributed by atoms with Crippen molar-refractivity contribution < 1.29 is 72.1 Å². The lowest BCUT2D eigenvalue weighted by Gasteiger charge is -2.30. The van der Waals surface area contributed by atoms with Crippen LogP contribution < -0.4 is 22.1 Å². The molecule has 1 fully saturated rings. The van der Waals surface area contributed by atoms with Gasteiger partial charge in [0, 0.05) is 20.0 Å². The quantitative estimate of drug-likeness (QED) is 0.0458. The van der Waals surface area contributed by atoms with Gasteiger partial charge in [-0.05, 0) is 31.2 Å². The van der Waals surface area contributed by atoms with Crippen LogP contribution in [0.15, 0.2) is 12.7 Å². The number of nitrogen functional groups attached to an aromatic ring is 1. The predicted molar refractivity (Wildman–Crippen MR) is 182 cm³/mol. The van der Waals surface area contributed by atoms with E-state index in [0.29, 0.717) is 19.5 Å². The first-order valence-corrected chi connectivity index (χ1v) is 19.4. The fourth-order valence-electron chi connectivity index (χ4n) is 5.24. The Hall–Kier alpha value is -2.77. The van der Waals surface area contributed by atoms with Crippen molar-refractivity contribution in [3.8, 4) is 0 Å². The van der Waals surface area contributed by atoms with Gasteiger partial charge in [0.05, 0.1) is 32.3 Å². The number of anilines is 1. The van der Waals surface area contributed by atoms with Crippen LogP contribution >= 0.6 is 15.6 Å². The van der Waals surface area contributed by atoms with Crippen LogP contribution in [0.2, 0.25) is 0 Å². The van der Waals surface area contributed by atoms with Crippen LogP contribution in [-0.4, -0.2) is 148 Å². The third-order valence-electron chi connectivity index (χ3n) is 8.50. The number of imide groups is 1. The number of phosphoric acid groups is 2. The fraction of sp³-hybridized carbons (Fsp3) is 0.741. The number of ether oxygens (including phenoxy) is 1. The monoisotopic (exact) mass is 801 g/mol. The van der Waals surface area contributed by atoms with Crippen molar-refractivity contribution in [2.24, 2.45) is 17.6 Å². The highest BCUT2D eigenvalue weighted by molar-refractivity contribution is 7.61. The predicted octanol–water partition coefficient (Wildman–Crippen LogP) is -2.52. The molecule has 1 saturated heterocycles. The Balaban J connectivity index is 1.52. The molecule has 11 atom stereocenters. The number of nitrogens with zero attached hydrogens (tertiary/aromatic N) is 5. The maximum atomic E-state index is 12.5. The molecule has 2 aromatic heterocycles. The van der Waals surface area contributed by atoms with Crippen LogP contribution in [-0.2, 0) is 32.0 Å². The van der Waals surface area contributed by atoms with Crippen molar-refractivity contribution in [1.82, 2.24) is 35.1 Å². The maximum absolute atomic E-state index is 12.5. The van der Waals surface area contributed by atoms with Gasteiger partial charge >= 0.3 is 21.7 Å². The normalized spacial score (nSPS) is 24.2. The number of aliphatic hydroxyl groups excluding tert-OH is 5. The number of fused-ring (bicyclic) bond motifs is 1. The maximum Gasteiger partial charge on any atom is 0.481 e. The molecule has 24 nitrogen and oxygen atoms in total. The standard InChI is InChI=1S/C27H49N9O15P2/c1-14(4-6-28)15(2)5-7-35(12-33-27(43)34-16(3)37)8-17(38)21(40)18(39)9-48-52(44,45)51-53(46,47)49-10-19-22(41)23(42)26(50-19)36-13-32-20-24(29)30-11-31-25(20)36/h11,13-15,17-19,21-23,26,38-42H,4-10,12,28H2,1-3H3,(H,44,45)(H,46,47)(H2,29,30,31)(H2,33,34,37,43)/t14-,15+,17+,18-,19-,21+,22-,23-,26-/m1/s1. The molecule has 1 aliphatic heterocycles. The SMILES string of the molecule is CC(=O)NC(=O)NCN(CC[C@H](C)[C@H](C)CCN)C[C@H](O)[C@H](O)[C@H](O)COP(=O)(O)OP(=O)(O)OC[C@H]1O[C@@H](n2cnc3c(N)ncnc32)[C@H](O)[C@@H]1O. The molecule has 0 spiro atoms. The van der Waals surface area contributed by atoms with Gasteiger partial charge < -0.3 is 56.8 Å². The summed E-state index contributed by atoms with van der Waals surface area (Å²) in [6, 6.07) is -0.808. The molecule has 3 heterocycles. The van der Waals surface area contributed by atoms with Gasteiger partial charge in [-0.25, -0.2) is 28.9 Å². The minimum absolute atomic E-state index is 0.0353. The van der Waals surface area contributed by atoms with Crippen molar-refractivity contribution in [2.45, 2.75) is 76.5 Å². The van der Waals surface area contributed by atoms with Gasteiger partial charge in [0.1, 0.15) is 42.4 Å². The van der Waals surface area contributed by atoms with E-state index >= 15 is 0 Å². The second-order valence-electron chi connectivity index (χ2n) is 12.6. The Morgan fingerprint density at radius 2 is 1.70 bits per heavy atom. The van der Waals surface area contributed by atoms with Crippen molar-refractivity contribution in [2.75, 3.05) is 45.3 Å². The summed E-state index contributed by atoms with van der Waals surface area (Å²) < 4.78 is 45.2. The molecule has 2 unspecified atom stereocenters. The Kier molecular flexibility index (Phi) is 16.6. The number of carbonyl (C=O) groups excluding carboxylic acids is 2. The van der Waals surface area contributed by atoms with E-state index < -0.39 is 83.6 Å². The number of urea groups is 1. The molecule has 13 N–H and O–H groups in total. The molecule has 3 amide bonds. The minimum Gasteiger partial charge on any atom is -0.389 e. The highest BCUT2D eigenvalue weighted by atomic mass is 31.3. The molecule has 0 aliphatic carbocycles. The molecular weight excluding hydrogens is 752 g/mol. The Bertz CT molecular complexity index is 1610. The van der Waals surface area contributed by atoms with Crippen molar-refractivity contribution in [3.05, 3.63) is 12.7 Å². The minimum atomic E-state index is -5.49. The molecule has 3 rings (SSSR count). The zero-order valence-corrected chi connectivity index (χ0v) is 31.0. The summed E-state index contributed by atoms with van der Waals surface area (Å²) in [7, 11) is -10.9. The van der Waals surface area contributed by atoms with E-state index in [1.54, 1.807) is 0 Å². The van der Waals surface area contributed by atoms with Crippen LogP contribution in [0.5, 0.6) is 0 Å². The molecule has 0 aromatic carbocycles. The van der Waals surface area contributed by atoms with Crippen LogP contribution in [0.25, 0.3) is 11.2 Å². The lowest BCUT2D eigenvalue weighted by molar-refractivity contribution is -0.117. The van der Waals surface area contributed by atoms with Gasteiger partial charge in [0.25, 0.3) is 0 Å². The van der Waals surface area contributed by atoms with Gasteiger partial charge in [-0.1, -0.05) is 13.8 Å². The Morgan fingerprint density at radius 1 is 1.04 bits per heavy atom. The molecular formula is C27H49N9O15P2. The lowest BCUT2D eigenvalue weighted by Crippen LogP contribution is -2.50. The Morgan fingerprint density at radius 3 is 2.36 bits per heavy atom. The molecule has 2 aromatic rings. The second kappa shape index (κ2) is 19.7. The molecule has 26 heteroatoms. The average molecular weight is 802 g/mol. The third-order valence-corrected chi connectivity index (χ3v) is 11.1. The van der Waals surface area contributed by atoms with E-state index in [1.807, 2.05) is 19.2 Å². The molecule has 1 aliphatic rings. The summed E-state index contributed by atoms with van der Waals surface area (Å²) in [6.07, 6.45) is -8.13. The number of nitrogens with one attached hydrogen (secondary N) is 2. The number of nitrogens with two attached hydrogens (primary N) is 2. The highest BCUT2D eigenvalue weighted by Gasteiger charge is 2.46. The first kappa shape index (κ1) is 44.6. The van der Waals surface area contributed by atoms with E-state index in [1.165, 1.54) is 15.8 Å². The van der Waals surface area contributed by atoms with Crippen molar-refractivity contribution in [3.63, 3.8) is 0 Å². The molecule has 53 heavy (non-hydrogen) atoms. The van der Waals surface area contributed by atoms with E-state index in [4.69, 9.17) is 20.7 Å². The topological polar surface area (TPSA) is 370 Å². The molecule has 302 valence electrons. The van der Waals surface area contributed by atoms with Crippen molar-refractivity contribution in [1.29, 1.82) is 0 Å². The number of hydrogen-bond donors (Lipinski definition) is 11.